The van der Waals surface area contributed by atoms with Crippen molar-refractivity contribution in [2.75, 3.05) is 0 Å². The molecule has 1 aliphatic rings. The van der Waals surface area contributed by atoms with Gasteiger partial charge in [-0.2, -0.15) is 0 Å². The summed E-state index contributed by atoms with van der Waals surface area (Å²) in [5.41, 5.74) is 5.51. The van der Waals surface area contributed by atoms with Crippen LogP contribution in [0.15, 0.2) is 47.3 Å². The van der Waals surface area contributed by atoms with Crippen LogP contribution in [0.3, 0.4) is 0 Å². The van der Waals surface area contributed by atoms with E-state index >= 15 is 0 Å². The topological polar surface area (TPSA) is 47.2 Å². The van der Waals surface area contributed by atoms with Gasteiger partial charge in [-0.05, 0) is 54.5 Å². The molecular formula is C21H22N2O2. The van der Waals surface area contributed by atoms with E-state index in [1.54, 1.807) is 9.36 Å². The molecule has 4 heteroatoms. The lowest BCUT2D eigenvalue weighted by Gasteiger charge is -2.17. The summed E-state index contributed by atoms with van der Waals surface area (Å²) in [6.45, 7) is 5.39. The molecule has 3 aromatic rings. The van der Waals surface area contributed by atoms with Crippen molar-refractivity contribution in [1.29, 1.82) is 0 Å². The van der Waals surface area contributed by atoms with Gasteiger partial charge in [-0.1, -0.05) is 42.5 Å². The molecule has 25 heavy (non-hydrogen) atoms. The Morgan fingerprint density at radius 1 is 0.840 bits per heavy atom. The van der Waals surface area contributed by atoms with Crippen molar-refractivity contribution in [2.45, 2.75) is 39.8 Å². The quantitative estimate of drug-likeness (QED) is 0.767. The Hall–Kier alpha value is -2.75. The Balaban J connectivity index is 1.91. The van der Waals surface area contributed by atoms with E-state index in [2.05, 4.69) is 24.3 Å². The molecule has 128 valence electrons. The first kappa shape index (κ1) is 15.8. The fourth-order valence-corrected chi connectivity index (χ4v) is 3.92. The average Bonchev–Trinajstić information content (AvgIpc) is 2.87. The van der Waals surface area contributed by atoms with Crippen LogP contribution >= 0.6 is 0 Å². The van der Waals surface area contributed by atoms with E-state index in [1.807, 2.05) is 32.0 Å². The molecule has 0 unspecified atom stereocenters. The van der Waals surface area contributed by atoms with E-state index < -0.39 is 0 Å². The molecule has 0 saturated heterocycles. The monoisotopic (exact) mass is 334 g/mol. The second-order valence-electron chi connectivity index (χ2n) is 6.81. The minimum Gasteiger partial charge on any atom is -0.493 e. The van der Waals surface area contributed by atoms with Gasteiger partial charge in [0.25, 0.3) is 5.56 Å². The molecule has 2 heterocycles. The normalized spacial score (nSPS) is 13.7. The molecule has 2 aromatic carbocycles. The summed E-state index contributed by atoms with van der Waals surface area (Å²) in [5.74, 6) is 0.100. The first-order valence-electron chi connectivity index (χ1n) is 8.77. The SMILES string of the molecule is Cc1cc(-c2ccccc2)cc(C)c1-c1c(O)n2n(c1=O)CCCC2. The zero-order chi connectivity index (χ0) is 17.6. The van der Waals surface area contributed by atoms with Crippen LogP contribution in [0.2, 0.25) is 0 Å². The van der Waals surface area contributed by atoms with Gasteiger partial charge in [0.05, 0.1) is 0 Å². The average molecular weight is 334 g/mol. The van der Waals surface area contributed by atoms with Crippen LogP contribution in [0.25, 0.3) is 22.3 Å². The molecule has 0 saturated carbocycles. The standard InChI is InChI=1S/C21H22N2O2/c1-14-12-17(16-8-4-3-5-9-16)13-15(2)18(14)19-20(24)22-10-6-7-11-23(22)21(19)25/h3-5,8-9,12-13,24H,6-7,10-11H2,1-2H3. The van der Waals surface area contributed by atoms with Gasteiger partial charge in [-0.3, -0.25) is 9.48 Å². The summed E-state index contributed by atoms with van der Waals surface area (Å²) in [6.07, 6.45) is 1.97. The van der Waals surface area contributed by atoms with Crippen LogP contribution < -0.4 is 5.56 Å². The van der Waals surface area contributed by atoms with Gasteiger partial charge in [0, 0.05) is 13.1 Å². The molecule has 0 amide bonds. The van der Waals surface area contributed by atoms with Crippen LogP contribution in [0.1, 0.15) is 24.0 Å². The summed E-state index contributed by atoms with van der Waals surface area (Å²) < 4.78 is 3.41. The Morgan fingerprint density at radius 3 is 2.04 bits per heavy atom. The molecule has 0 bridgehead atoms. The molecule has 4 rings (SSSR count). The van der Waals surface area contributed by atoms with Gasteiger partial charge < -0.3 is 5.11 Å². The fraction of sp³-hybridized carbons (Fsp3) is 0.286. The largest absolute Gasteiger partial charge is 0.493 e. The molecule has 0 atom stereocenters. The molecule has 0 fully saturated rings. The lowest BCUT2D eigenvalue weighted by Crippen LogP contribution is -2.27. The Bertz CT molecular complexity index is 974. The maximum Gasteiger partial charge on any atom is 0.278 e. The van der Waals surface area contributed by atoms with Crippen molar-refractivity contribution in [3.63, 3.8) is 0 Å². The van der Waals surface area contributed by atoms with Crippen molar-refractivity contribution in [3.8, 4) is 28.1 Å². The number of hydrogen-bond donors (Lipinski definition) is 1. The number of nitrogens with zero attached hydrogens (tertiary/aromatic N) is 2. The van der Waals surface area contributed by atoms with Gasteiger partial charge in [0.15, 0.2) is 0 Å². The highest BCUT2D eigenvalue weighted by molar-refractivity contribution is 5.78. The molecular weight excluding hydrogens is 312 g/mol. The Kier molecular flexibility index (Phi) is 3.75. The number of benzene rings is 2. The number of fused-ring (bicyclic) bond motifs is 1. The third kappa shape index (κ3) is 2.49. The van der Waals surface area contributed by atoms with Crippen molar-refractivity contribution in [2.24, 2.45) is 0 Å². The minimum atomic E-state index is -0.0872. The first-order valence-corrected chi connectivity index (χ1v) is 8.77. The van der Waals surface area contributed by atoms with Crippen molar-refractivity contribution < 1.29 is 5.11 Å². The van der Waals surface area contributed by atoms with Crippen LogP contribution in [-0.2, 0) is 13.1 Å². The first-order chi connectivity index (χ1) is 12.1. The maximum absolute atomic E-state index is 12.9. The summed E-state index contributed by atoms with van der Waals surface area (Å²) in [4.78, 5) is 12.9. The van der Waals surface area contributed by atoms with E-state index in [4.69, 9.17) is 0 Å². The van der Waals surface area contributed by atoms with Crippen molar-refractivity contribution in [1.82, 2.24) is 9.36 Å². The highest BCUT2D eigenvalue weighted by atomic mass is 16.3. The Labute approximate surface area is 147 Å². The summed E-state index contributed by atoms with van der Waals surface area (Å²) in [7, 11) is 0. The smallest absolute Gasteiger partial charge is 0.278 e. The highest BCUT2D eigenvalue weighted by Crippen LogP contribution is 2.35. The van der Waals surface area contributed by atoms with Gasteiger partial charge >= 0.3 is 0 Å². The van der Waals surface area contributed by atoms with E-state index in [1.165, 1.54) is 0 Å². The lowest BCUT2D eigenvalue weighted by atomic mass is 9.92. The number of aromatic hydroxyl groups is 1. The number of aromatic nitrogens is 2. The highest BCUT2D eigenvalue weighted by Gasteiger charge is 2.25. The zero-order valence-electron chi connectivity index (χ0n) is 14.6. The van der Waals surface area contributed by atoms with E-state index in [-0.39, 0.29) is 11.4 Å². The van der Waals surface area contributed by atoms with Gasteiger partial charge in [-0.15, -0.1) is 0 Å². The molecule has 0 aliphatic carbocycles. The second-order valence-corrected chi connectivity index (χ2v) is 6.81. The summed E-state index contributed by atoms with van der Waals surface area (Å²) >= 11 is 0. The van der Waals surface area contributed by atoms with E-state index in [9.17, 15) is 9.90 Å². The third-order valence-electron chi connectivity index (χ3n) is 5.09. The van der Waals surface area contributed by atoms with E-state index in [0.717, 1.165) is 40.7 Å². The predicted octanol–water partition coefficient (Wildman–Crippen LogP) is 4.10. The maximum atomic E-state index is 12.9. The molecule has 1 aliphatic heterocycles. The molecule has 1 aromatic heterocycles. The summed E-state index contributed by atoms with van der Waals surface area (Å²) in [6, 6.07) is 14.4. The van der Waals surface area contributed by atoms with Crippen LogP contribution in [0, 0.1) is 13.8 Å². The van der Waals surface area contributed by atoms with Crippen LogP contribution in [0.5, 0.6) is 5.88 Å². The Morgan fingerprint density at radius 2 is 1.44 bits per heavy atom. The van der Waals surface area contributed by atoms with Gasteiger partial charge in [-0.25, -0.2) is 4.68 Å². The second kappa shape index (κ2) is 5.96. The van der Waals surface area contributed by atoms with E-state index in [0.29, 0.717) is 18.7 Å². The number of hydrogen-bond acceptors (Lipinski definition) is 2. The van der Waals surface area contributed by atoms with Gasteiger partial charge in [0.2, 0.25) is 5.88 Å². The van der Waals surface area contributed by atoms with Crippen LogP contribution in [-0.4, -0.2) is 14.5 Å². The lowest BCUT2D eigenvalue weighted by molar-refractivity contribution is 0.305. The minimum absolute atomic E-state index is 0.0872. The molecule has 1 N–H and O–H groups in total. The van der Waals surface area contributed by atoms with Crippen molar-refractivity contribution in [3.05, 3.63) is 63.9 Å². The van der Waals surface area contributed by atoms with Gasteiger partial charge in [0.1, 0.15) is 5.56 Å². The molecule has 4 nitrogen and oxygen atoms in total. The third-order valence-corrected chi connectivity index (χ3v) is 5.09. The predicted molar refractivity (Wildman–Crippen MR) is 99.9 cm³/mol. The zero-order valence-corrected chi connectivity index (χ0v) is 14.6. The van der Waals surface area contributed by atoms with Crippen LogP contribution in [0.4, 0.5) is 0 Å². The molecule has 0 radical (unpaired) electrons. The van der Waals surface area contributed by atoms with Crippen molar-refractivity contribution >= 4 is 0 Å². The molecule has 0 spiro atoms. The number of rotatable bonds is 2. The number of aryl methyl sites for hydroxylation is 2. The summed E-state index contributed by atoms with van der Waals surface area (Å²) in [5, 5.41) is 10.7. The fourth-order valence-electron chi connectivity index (χ4n) is 3.92.